The number of benzene rings is 2. The number of phenols is 2. The molecule has 1 atom stereocenters. The van der Waals surface area contributed by atoms with Gasteiger partial charge in [-0.3, -0.25) is 0 Å². The van der Waals surface area contributed by atoms with Gasteiger partial charge in [-0.1, -0.05) is 48.9 Å². The Kier molecular flexibility index (Phi) is 4.27. The maximum Gasteiger partial charge on any atom is 0.176 e. The highest BCUT2D eigenvalue weighted by molar-refractivity contribution is 6.33. The molecule has 0 spiro atoms. The van der Waals surface area contributed by atoms with Gasteiger partial charge in [0.1, 0.15) is 0 Å². The van der Waals surface area contributed by atoms with Crippen molar-refractivity contribution in [3.05, 3.63) is 58.1 Å². The smallest absolute Gasteiger partial charge is 0.176 e. The Morgan fingerprint density at radius 1 is 1.23 bits per heavy atom. The largest absolute Gasteiger partial charge is 0.504 e. The van der Waals surface area contributed by atoms with Crippen molar-refractivity contribution in [2.45, 2.75) is 19.3 Å². The molecule has 0 saturated carbocycles. The highest BCUT2D eigenvalue weighted by atomic mass is 35.5. The zero-order valence-corrected chi connectivity index (χ0v) is 13.3. The van der Waals surface area contributed by atoms with E-state index in [-0.39, 0.29) is 22.4 Å². The second kappa shape index (κ2) is 6.19. The average Bonchev–Trinajstić information content (AvgIpc) is 2.73. The molecule has 0 bridgehead atoms. The van der Waals surface area contributed by atoms with Crippen LogP contribution >= 0.6 is 11.6 Å². The van der Waals surface area contributed by atoms with Gasteiger partial charge in [-0.15, -0.1) is 0 Å². The van der Waals surface area contributed by atoms with Crippen LogP contribution in [-0.2, 0) is 6.42 Å². The Hall–Kier alpha value is -1.71. The van der Waals surface area contributed by atoms with Crippen molar-refractivity contribution in [3.8, 4) is 11.5 Å². The van der Waals surface area contributed by atoms with Crippen molar-refractivity contribution in [1.82, 2.24) is 4.90 Å². The number of hydrogen-bond donors (Lipinski definition) is 2. The van der Waals surface area contributed by atoms with Crippen LogP contribution < -0.4 is 0 Å². The molecule has 1 heterocycles. The third-order valence-corrected chi connectivity index (χ3v) is 4.91. The van der Waals surface area contributed by atoms with Crippen LogP contribution in [0.1, 0.15) is 29.5 Å². The van der Waals surface area contributed by atoms with Gasteiger partial charge in [0, 0.05) is 19.0 Å². The highest BCUT2D eigenvalue weighted by Gasteiger charge is 2.27. The predicted octanol–water partition coefficient (Wildman–Crippen LogP) is 3.76. The fraction of sp³-hybridized carbons (Fsp3) is 0.333. The summed E-state index contributed by atoms with van der Waals surface area (Å²) in [5, 5.41) is 20.2. The van der Waals surface area contributed by atoms with Crippen LogP contribution in [0.4, 0.5) is 0 Å². The van der Waals surface area contributed by atoms with Crippen LogP contribution in [0.3, 0.4) is 0 Å². The lowest BCUT2D eigenvalue weighted by Crippen LogP contribution is -2.28. The first-order chi connectivity index (χ1) is 10.6. The molecule has 0 aromatic heterocycles. The SMILES string of the molecule is CCN1CCc2c(cc(O)c(O)c2Cl)[C@H](c2ccccc2)C1. The lowest BCUT2D eigenvalue weighted by molar-refractivity contribution is 0.291. The number of phenolic OH excluding ortho intramolecular Hbond substituents is 2. The molecule has 3 rings (SSSR count). The van der Waals surface area contributed by atoms with E-state index in [2.05, 4.69) is 24.0 Å². The molecular formula is C18H20ClNO2. The maximum absolute atomic E-state index is 9.99. The fourth-order valence-corrected chi connectivity index (χ4v) is 3.53. The van der Waals surface area contributed by atoms with Crippen molar-refractivity contribution in [1.29, 1.82) is 0 Å². The second-order valence-electron chi connectivity index (χ2n) is 5.73. The van der Waals surface area contributed by atoms with Crippen LogP contribution in [0.2, 0.25) is 5.02 Å². The van der Waals surface area contributed by atoms with E-state index in [0.717, 1.165) is 37.2 Å². The topological polar surface area (TPSA) is 43.7 Å². The predicted molar refractivity (Wildman–Crippen MR) is 88.9 cm³/mol. The minimum Gasteiger partial charge on any atom is -0.504 e. The van der Waals surface area contributed by atoms with E-state index < -0.39 is 0 Å². The standard InChI is InChI=1S/C18H20ClNO2/c1-2-20-9-8-13-14(10-16(21)18(22)17(13)19)15(11-20)12-6-4-3-5-7-12/h3-7,10,15,21-22H,2,8-9,11H2,1H3/t15-/m0/s1. The van der Waals surface area contributed by atoms with Crippen molar-refractivity contribution < 1.29 is 10.2 Å². The van der Waals surface area contributed by atoms with Crippen LogP contribution in [0.25, 0.3) is 0 Å². The quantitative estimate of drug-likeness (QED) is 0.829. The van der Waals surface area contributed by atoms with Gasteiger partial charge in [-0.2, -0.15) is 0 Å². The maximum atomic E-state index is 9.99. The summed E-state index contributed by atoms with van der Waals surface area (Å²) in [4.78, 5) is 2.38. The summed E-state index contributed by atoms with van der Waals surface area (Å²) < 4.78 is 0. The third-order valence-electron chi connectivity index (χ3n) is 4.50. The summed E-state index contributed by atoms with van der Waals surface area (Å²) in [7, 11) is 0. The Morgan fingerprint density at radius 3 is 2.64 bits per heavy atom. The Bertz CT molecular complexity index is 673. The zero-order valence-electron chi connectivity index (χ0n) is 12.6. The summed E-state index contributed by atoms with van der Waals surface area (Å²) in [6, 6.07) is 11.9. The van der Waals surface area contributed by atoms with Gasteiger partial charge in [0.15, 0.2) is 11.5 Å². The first-order valence-electron chi connectivity index (χ1n) is 7.62. The van der Waals surface area contributed by atoms with Gasteiger partial charge in [-0.25, -0.2) is 0 Å². The molecule has 2 N–H and O–H groups in total. The van der Waals surface area contributed by atoms with E-state index in [1.807, 2.05) is 18.2 Å². The normalized spacial score (nSPS) is 18.7. The summed E-state index contributed by atoms with van der Waals surface area (Å²) in [6.45, 7) is 4.90. The Labute approximate surface area is 135 Å². The van der Waals surface area contributed by atoms with Crippen LogP contribution in [0.15, 0.2) is 36.4 Å². The molecule has 4 heteroatoms. The third kappa shape index (κ3) is 2.67. The minimum absolute atomic E-state index is 0.141. The average molecular weight is 318 g/mol. The minimum atomic E-state index is -0.211. The van der Waals surface area contributed by atoms with Gasteiger partial charge >= 0.3 is 0 Å². The molecule has 116 valence electrons. The molecule has 0 saturated heterocycles. The van der Waals surface area contributed by atoms with E-state index in [1.165, 1.54) is 5.56 Å². The molecule has 2 aromatic carbocycles. The first kappa shape index (κ1) is 15.2. The van der Waals surface area contributed by atoms with Crippen LogP contribution in [0.5, 0.6) is 11.5 Å². The molecule has 0 aliphatic carbocycles. The van der Waals surface area contributed by atoms with E-state index in [1.54, 1.807) is 6.07 Å². The highest BCUT2D eigenvalue weighted by Crippen LogP contribution is 2.43. The van der Waals surface area contributed by atoms with Crippen molar-refractivity contribution in [2.75, 3.05) is 19.6 Å². The molecule has 0 fully saturated rings. The lowest BCUT2D eigenvalue weighted by atomic mass is 9.87. The number of rotatable bonds is 2. The monoisotopic (exact) mass is 317 g/mol. The molecule has 0 amide bonds. The number of nitrogens with zero attached hydrogens (tertiary/aromatic N) is 1. The number of likely N-dealkylation sites (N-methyl/N-ethyl adjacent to an activating group) is 1. The van der Waals surface area contributed by atoms with E-state index in [4.69, 9.17) is 11.6 Å². The molecule has 3 nitrogen and oxygen atoms in total. The second-order valence-corrected chi connectivity index (χ2v) is 6.11. The summed E-state index contributed by atoms with van der Waals surface area (Å²) >= 11 is 6.30. The number of halogens is 1. The number of fused-ring (bicyclic) bond motifs is 1. The summed E-state index contributed by atoms with van der Waals surface area (Å²) in [5.41, 5.74) is 3.16. The van der Waals surface area contributed by atoms with Gasteiger partial charge in [0.25, 0.3) is 0 Å². The van der Waals surface area contributed by atoms with Gasteiger partial charge < -0.3 is 15.1 Å². The zero-order chi connectivity index (χ0) is 15.7. The van der Waals surface area contributed by atoms with Crippen molar-refractivity contribution >= 4 is 11.6 Å². The molecule has 0 unspecified atom stereocenters. The molecule has 1 aliphatic rings. The summed E-state index contributed by atoms with van der Waals surface area (Å²) in [5.74, 6) is -0.213. The lowest BCUT2D eigenvalue weighted by Gasteiger charge is -2.24. The molecule has 1 aliphatic heterocycles. The molecule has 0 radical (unpaired) electrons. The first-order valence-corrected chi connectivity index (χ1v) is 8.00. The number of hydrogen-bond acceptors (Lipinski definition) is 3. The van der Waals surface area contributed by atoms with Crippen LogP contribution in [-0.4, -0.2) is 34.7 Å². The van der Waals surface area contributed by atoms with Gasteiger partial charge in [-0.05, 0) is 35.7 Å². The van der Waals surface area contributed by atoms with E-state index in [0.29, 0.717) is 0 Å². The van der Waals surface area contributed by atoms with Crippen molar-refractivity contribution in [2.24, 2.45) is 0 Å². The number of aromatic hydroxyl groups is 2. The van der Waals surface area contributed by atoms with Gasteiger partial charge in [0.2, 0.25) is 0 Å². The summed E-state index contributed by atoms with van der Waals surface area (Å²) in [6.07, 6.45) is 0.777. The fourth-order valence-electron chi connectivity index (χ4n) is 3.23. The van der Waals surface area contributed by atoms with Crippen molar-refractivity contribution in [3.63, 3.8) is 0 Å². The van der Waals surface area contributed by atoms with Crippen LogP contribution in [0, 0.1) is 0 Å². The molecule has 2 aromatic rings. The van der Waals surface area contributed by atoms with Gasteiger partial charge in [0.05, 0.1) is 5.02 Å². The molecule has 22 heavy (non-hydrogen) atoms. The Morgan fingerprint density at radius 2 is 1.95 bits per heavy atom. The molecular weight excluding hydrogens is 298 g/mol. The Balaban J connectivity index is 2.16. The van der Waals surface area contributed by atoms with E-state index >= 15 is 0 Å². The van der Waals surface area contributed by atoms with E-state index in [9.17, 15) is 10.2 Å².